The van der Waals surface area contributed by atoms with Gasteiger partial charge in [0.05, 0.1) is 26.0 Å². The van der Waals surface area contributed by atoms with Crippen LogP contribution in [0, 0.1) is 6.92 Å². The molecule has 1 heterocycles. The van der Waals surface area contributed by atoms with E-state index in [4.69, 9.17) is 9.47 Å². The van der Waals surface area contributed by atoms with Gasteiger partial charge in [0.25, 0.3) is 5.91 Å². The van der Waals surface area contributed by atoms with Crippen LogP contribution < -0.4 is 9.47 Å². The topological polar surface area (TPSA) is 56.6 Å². The molecule has 0 radical (unpaired) electrons. The summed E-state index contributed by atoms with van der Waals surface area (Å²) in [6.45, 7) is 2.45. The Balaban J connectivity index is 1.92. The van der Waals surface area contributed by atoms with Crippen LogP contribution in [0.5, 0.6) is 11.5 Å². The van der Waals surface area contributed by atoms with Crippen LogP contribution in [0.3, 0.4) is 0 Å². The van der Waals surface area contributed by atoms with Crippen molar-refractivity contribution in [2.75, 3.05) is 14.2 Å². The molecular formula is C20H27N3O3. The zero-order chi connectivity index (χ0) is 18.7. The molecule has 1 aliphatic rings. The second-order valence-electron chi connectivity index (χ2n) is 6.82. The lowest BCUT2D eigenvalue weighted by Gasteiger charge is -2.29. The first-order chi connectivity index (χ1) is 12.5. The summed E-state index contributed by atoms with van der Waals surface area (Å²) in [7, 11) is 5.14. The average molecular weight is 357 g/mol. The average Bonchev–Trinajstić information content (AvgIpc) is 3.30. The van der Waals surface area contributed by atoms with Gasteiger partial charge in [-0.25, -0.2) is 0 Å². The molecule has 1 aliphatic carbocycles. The van der Waals surface area contributed by atoms with E-state index in [1.165, 1.54) is 12.8 Å². The first kappa shape index (κ1) is 18.3. The summed E-state index contributed by atoms with van der Waals surface area (Å²) in [5.41, 5.74) is 2.54. The van der Waals surface area contributed by atoms with Crippen LogP contribution in [0.2, 0.25) is 0 Å². The first-order valence-electron chi connectivity index (χ1n) is 9.05. The van der Waals surface area contributed by atoms with Gasteiger partial charge in [0.2, 0.25) is 0 Å². The third-order valence-corrected chi connectivity index (χ3v) is 5.33. The normalized spacial score (nSPS) is 14.5. The lowest BCUT2D eigenvalue weighted by Crippen LogP contribution is -2.38. The van der Waals surface area contributed by atoms with Crippen molar-refractivity contribution in [1.82, 2.24) is 14.7 Å². The number of hydrogen-bond acceptors (Lipinski definition) is 4. The lowest BCUT2D eigenvalue weighted by atomic mass is 10.1. The number of rotatable bonds is 6. The monoisotopic (exact) mass is 357 g/mol. The Morgan fingerprint density at radius 3 is 2.58 bits per heavy atom. The Hall–Kier alpha value is -2.50. The first-order valence-corrected chi connectivity index (χ1v) is 9.05. The summed E-state index contributed by atoms with van der Waals surface area (Å²) < 4.78 is 12.6. The maximum atomic E-state index is 13.3. The van der Waals surface area contributed by atoms with Gasteiger partial charge >= 0.3 is 0 Å². The van der Waals surface area contributed by atoms with Crippen LogP contribution in [0.1, 0.15) is 47.3 Å². The van der Waals surface area contributed by atoms with E-state index in [1.807, 2.05) is 37.1 Å². The second-order valence-corrected chi connectivity index (χ2v) is 6.82. The van der Waals surface area contributed by atoms with E-state index in [2.05, 4.69) is 5.10 Å². The minimum Gasteiger partial charge on any atom is -0.497 e. The number of amides is 1. The Labute approximate surface area is 154 Å². The van der Waals surface area contributed by atoms with Gasteiger partial charge in [-0.1, -0.05) is 12.8 Å². The van der Waals surface area contributed by atoms with Gasteiger partial charge in [-0.3, -0.25) is 9.48 Å². The predicted octanol–water partition coefficient (Wildman–Crippen LogP) is 3.33. The molecule has 2 aromatic rings. The molecule has 1 saturated carbocycles. The standard InChI is InChI=1S/C20H27N3O3/c1-14-18(12-21-22(14)2)20(24)23(16-7-5-6-8-16)13-15-9-10-17(25-3)11-19(15)26-4/h9-12,16H,5-8,13H2,1-4H3. The minimum atomic E-state index is 0.0420. The maximum absolute atomic E-state index is 13.3. The summed E-state index contributed by atoms with van der Waals surface area (Å²) >= 11 is 0. The fraction of sp³-hybridized carbons (Fsp3) is 0.500. The van der Waals surface area contributed by atoms with Crippen molar-refractivity contribution in [2.24, 2.45) is 7.05 Å². The molecule has 0 bridgehead atoms. The van der Waals surface area contributed by atoms with Crippen molar-refractivity contribution in [1.29, 1.82) is 0 Å². The minimum absolute atomic E-state index is 0.0420. The van der Waals surface area contributed by atoms with Crippen molar-refractivity contribution in [3.63, 3.8) is 0 Å². The number of hydrogen-bond donors (Lipinski definition) is 0. The van der Waals surface area contributed by atoms with E-state index < -0.39 is 0 Å². The third kappa shape index (κ3) is 3.54. The summed E-state index contributed by atoms with van der Waals surface area (Å²) in [6, 6.07) is 6.00. The van der Waals surface area contributed by atoms with Gasteiger partial charge in [0.15, 0.2) is 0 Å². The Bertz CT molecular complexity index is 779. The highest BCUT2D eigenvalue weighted by Crippen LogP contribution is 2.31. The van der Waals surface area contributed by atoms with Crippen LogP contribution in [-0.4, -0.2) is 40.8 Å². The molecule has 1 amide bonds. The number of nitrogens with zero attached hydrogens (tertiary/aromatic N) is 3. The number of methoxy groups -OCH3 is 2. The highest BCUT2D eigenvalue weighted by atomic mass is 16.5. The number of carbonyl (C=O) groups is 1. The molecule has 6 nitrogen and oxygen atoms in total. The zero-order valence-corrected chi connectivity index (χ0v) is 16.0. The molecular weight excluding hydrogens is 330 g/mol. The molecule has 0 aliphatic heterocycles. The fourth-order valence-corrected chi connectivity index (χ4v) is 3.61. The van der Waals surface area contributed by atoms with E-state index in [0.29, 0.717) is 12.1 Å². The Morgan fingerprint density at radius 2 is 2.00 bits per heavy atom. The van der Waals surface area contributed by atoms with E-state index >= 15 is 0 Å². The predicted molar refractivity (Wildman–Crippen MR) is 99.6 cm³/mol. The molecule has 1 aromatic heterocycles. The van der Waals surface area contributed by atoms with Crippen molar-refractivity contribution < 1.29 is 14.3 Å². The van der Waals surface area contributed by atoms with Crippen molar-refractivity contribution in [2.45, 2.75) is 45.2 Å². The van der Waals surface area contributed by atoms with Crippen LogP contribution >= 0.6 is 0 Å². The van der Waals surface area contributed by atoms with Gasteiger partial charge in [0, 0.05) is 37.0 Å². The van der Waals surface area contributed by atoms with E-state index in [1.54, 1.807) is 25.1 Å². The highest BCUT2D eigenvalue weighted by Gasteiger charge is 2.30. The molecule has 1 aromatic carbocycles. The number of aromatic nitrogens is 2. The van der Waals surface area contributed by atoms with Crippen LogP contribution in [-0.2, 0) is 13.6 Å². The molecule has 0 unspecified atom stereocenters. The van der Waals surface area contributed by atoms with Crippen molar-refractivity contribution in [3.05, 3.63) is 41.2 Å². The number of ether oxygens (including phenoxy) is 2. The van der Waals surface area contributed by atoms with E-state index in [-0.39, 0.29) is 11.9 Å². The molecule has 0 saturated heterocycles. The van der Waals surface area contributed by atoms with Crippen molar-refractivity contribution in [3.8, 4) is 11.5 Å². The number of aryl methyl sites for hydroxylation is 1. The molecule has 3 rings (SSSR count). The van der Waals surface area contributed by atoms with E-state index in [9.17, 15) is 4.79 Å². The molecule has 140 valence electrons. The smallest absolute Gasteiger partial charge is 0.257 e. The molecule has 1 fully saturated rings. The van der Waals surface area contributed by atoms with Gasteiger partial charge in [-0.05, 0) is 31.9 Å². The Kier molecular flexibility index (Phi) is 5.49. The molecule has 0 N–H and O–H groups in total. The summed E-state index contributed by atoms with van der Waals surface area (Å²) in [5, 5.41) is 4.24. The summed E-state index contributed by atoms with van der Waals surface area (Å²) in [4.78, 5) is 15.3. The number of carbonyl (C=O) groups excluding carboxylic acids is 1. The van der Waals surface area contributed by atoms with E-state index in [0.717, 1.165) is 35.6 Å². The summed E-state index contributed by atoms with van der Waals surface area (Å²) in [6.07, 6.45) is 6.10. The molecule has 6 heteroatoms. The highest BCUT2D eigenvalue weighted by molar-refractivity contribution is 5.95. The second kappa shape index (κ2) is 7.81. The van der Waals surface area contributed by atoms with Gasteiger partial charge in [-0.2, -0.15) is 5.10 Å². The van der Waals surface area contributed by atoms with Gasteiger partial charge in [0.1, 0.15) is 11.5 Å². The maximum Gasteiger partial charge on any atom is 0.257 e. The Morgan fingerprint density at radius 1 is 1.27 bits per heavy atom. The third-order valence-electron chi connectivity index (χ3n) is 5.33. The van der Waals surface area contributed by atoms with Gasteiger partial charge in [-0.15, -0.1) is 0 Å². The largest absolute Gasteiger partial charge is 0.497 e. The van der Waals surface area contributed by atoms with Crippen molar-refractivity contribution >= 4 is 5.91 Å². The SMILES string of the molecule is COc1ccc(CN(C(=O)c2cnn(C)c2C)C2CCCC2)c(OC)c1. The fourth-order valence-electron chi connectivity index (χ4n) is 3.61. The molecule has 0 spiro atoms. The molecule has 0 atom stereocenters. The quantitative estimate of drug-likeness (QED) is 0.796. The number of benzene rings is 1. The summed E-state index contributed by atoms with van der Waals surface area (Å²) in [5.74, 6) is 1.52. The lowest BCUT2D eigenvalue weighted by molar-refractivity contribution is 0.0662. The van der Waals surface area contributed by atoms with Gasteiger partial charge < -0.3 is 14.4 Å². The molecule has 26 heavy (non-hydrogen) atoms. The zero-order valence-electron chi connectivity index (χ0n) is 16.0. The van der Waals surface area contributed by atoms with Crippen LogP contribution in [0.25, 0.3) is 0 Å². The van der Waals surface area contributed by atoms with Crippen LogP contribution in [0.15, 0.2) is 24.4 Å². The van der Waals surface area contributed by atoms with Crippen LogP contribution in [0.4, 0.5) is 0 Å².